The van der Waals surface area contributed by atoms with Gasteiger partial charge in [-0.15, -0.1) is 12.4 Å². The van der Waals surface area contributed by atoms with Crippen molar-refractivity contribution in [2.45, 2.75) is 6.92 Å². The van der Waals surface area contributed by atoms with E-state index >= 15 is 0 Å². The lowest BCUT2D eigenvalue weighted by atomic mass is 10.1. The number of rotatable bonds is 5. The molecule has 3 nitrogen and oxygen atoms in total. The van der Waals surface area contributed by atoms with Gasteiger partial charge in [-0.1, -0.05) is 23.8 Å². The van der Waals surface area contributed by atoms with Gasteiger partial charge in [-0.05, 0) is 30.7 Å². The van der Waals surface area contributed by atoms with Crippen molar-refractivity contribution in [3.63, 3.8) is 0 Å². The summed E-state index contributed by atoms with van der Waals surface area (Å²) >= 11 is 5.88. The third kappa shape index (κ3) is 5.42. The van der Waals surface area contributed by atoms with Crippen molar-refractivity contribution in [3.8, 4) is 11.5 Å². The van der Waals surface area contributed by atoms with Gasteiger partial charge in [-0.25, -0.2) is 8.78 Å². The van der Waals surface area contributed by atoms with E-state index in [1.165, 1.54) is 24.3 Å². The minimum Gasteiger partial charge on any atom is -0.451 e. The highest BCUT2D eigenvalue weighted by Crippen LogP contribution is 2.34. The number of benzene rings is 2. The van der Waals surface area contributed by atoms with E-state index in [0.29, 0.717) is 43.4 Å². The quantitative estimate of drug-likeness (QED) is 0.425. The van der Waals surface area contributed by atoms with Crippen molar-refractivity contribution in [1.29, 1.82) is 0 Å². The van der Waals surface area contributed by atoms with Crippen LogP contribution in [0.3, 0.4) is 0 Å². The van der Waals surface area contributed by atoms with E-state index in [-0.39, 0.29) is 18.2 Å². The van der Waals surface area contributed by atoms with Gasteiger partial charge >= 0.3 is 0 Å². The number of hydrogen-bond donors (Lipinski definition) is 0. The van der Waals surface area contributed by atoms with Crippen molar-refractivity contribution in [2.75, 3.05) is 32.8 Å². The van der Waals surface area contributed by atoms with Crippen LogP contribution in [0.15, 0.2) is 24.3 Å². The van der Waals surface area contributed by atoms with Gasteiger partial charge in [0.25, 0.3) is 0 Å². The Morgan fingerprint density at radius 3 is 2.28 bits per heavy atom. The molecule has 0 unspecified atom stereocenters. The van der Waals surface area contributed by atoms with Crippen molar-refractivity contribution >= 4 is 30.1 Å². The molecule has 1 aliphatic heterocycles. The molecule has 3 rings (SSSR count). The lowest BCUT2D eigenvalue weighted by Gasteiger charge is -2.25. The van der Waals surface area contributed by atoms with Crippen LogP contribution in [-0.4, -0.2) is 37.7 Å². The summed E-state index contributed by atoms with van der Waals surface area (Å²) in [5.41, 5.74) is -0.202. The van der Waals surface area contributed by atoms with E-state index in [1.54, 1.807) is 6.92 Å². The van der Waals surface area contributed by atoms with Gasteiger partial charge in [0, 0.05) is 24.7 Å². The predicted octanol–water partition coefficient (Wildman–Crippen LogP) is 5.76. The SMILES string of the molecule is Cc1cc(Oc2c(F)c(F)c(C=CCN3CCOCC3)c(F)c2F)ccc1Cl.Cl. The maximum absolute atomic E-state index is 14.4. The molecule has 0 bridgehead atoms. The first-order chi connectivity index (χ1) is 13.4. The lowest BCUT2D eigenvalue weighted by Crippen LogP contribution is -2.36. The number of aryl methyl sites for hydroxylation is 1. The summed E-state index contributed by atoms with van der Waals surface area (Å²) < 4.78 is 67.7. The van der Waals surface area contributed by atoms with Crippen LogP contribution in [0.2, 0.25) is 5.02 Å². The molecule has 2 aromatic rings. The second-order valence-corrected chi connectivity index (χ2v) is 6.73. The molecule has 158 valence electrons. The van der Waals surface area contributed by atoms with Gasteiger partial charge in [0.05, 0.1) is 18.8 Å². The number of ether oxygens (including phenoxy) is 2. The van der Waals surface area contributed by atoms with Gasteiger partial charge in [-0.3, -0.25) is 4.90 Å². The smallest absolute Gasteiger partial charge is 0.205 e. The van der Waals surface area contributed by atoms with Crippen LogP contribution in [0.25, 0.3) is 6.08 Å². The molecule has 0 amide bonds. The fourth-order valence-electron chi connectivity index (χ4n) is 2.77. The minimum atomic E-state index is -1.60. The number of halogens is 6. The molecule has 1 aliphatic rings. The fraction of sp³-hybridized carbons (Fsp3) is 0.300. The maximum Gasteiger partial charge on any atom is 0.205 e. The van der Waals surface area contributed by atoms with E-state index in [1.807, 2.05) is 4.90 Å². The van der Waals surface area contributed by atoms with E-state index in [9.17, 15) is 17.6 Å². The van der Waals surface area contributed by atoms with Crippen LogP contribution in [-0.2, 0) is 4.74 Å². The molecule has 0 spiro atoms. The van der Waals surface area contributed by atoms with Gasteiger partial charge < -0.3 is 9.47 Å². The average molecular weight is 452 g/mol. The molecular weight excluding hydrogens is 433 g/mol. The Morgan fingerprint density at radius 1 is 1.07 bits per heavy atom. The van der Waals surface area contributed by atoms with Crippen molar-refractivity contribution in [3.05, 3.63) is 63.7 Å². The number of morpholine rings is 1. The molecule has 0 radical (unpaired) electrons. The Labute approximate surface area is 177 Å². The Morgan fingerprint density at radius 2 is 1.69 bits per heavy atom. The second-order valence-electron chi connectivity index (χ2n) is 6.33. The van der Waals surface area contributed by atoms with Gasteiger partial charge in [0.15, 0.2) is 11.6 Å². The van der Waals surface area contributed by atoms with Crippen molar-refractivity contribution in [1.82, 2.24) is 4.90 Å². The van der Waals surface area contributed by atoms with Crippen LogP contribution in [0.5, 0.6) is 11.5 Å². The van der Waals surface area contributed by atoms with E-state index in [4.69, 9.17) is 21.1 Å². The predicted molar refractivity (Wildman–Crippen MR) is 106 cm³/mol. The first-order valence-corrected chi connectivity index (χ1v) is 9.03. The highest BCUT2D eigenvalue weighted by molar-refractivity contribution is 6.31. The molecule has 0 aliphatic carbocycles. The molecule has 9 heteroatoms. The third-order valence-corrected chi connectivity index (χ3v) is 4.78. The average Bonchev–Trinajstić information content (AvgIpc) is 2.70. The molecule has 1 fully saturated rings. The first-order valence-electron chi connectivity index (χ1n) is 8.65. The molecule has 0 N–H and O–H groups in total. The van der Waals surface area contributed by atoms with E-state index in [0.717, 1.165) is 6.08 Å². The third-order valence-electron chi connectivity index (χ3n) is 4.36. The van der Waals surface area contributed by atoms with Gasteiger partial charge in [0.1, 0.15) is 5.75 Å². The summed E-state index contributed by atoms with van der Waals surface area (Å²) in [7, 11) is 0. The molecule has 2 aromatic carbocycles. The van der Waals surface area contributed by atoms with Crippen LogP contribution in [0, 0.1) is 30.2 Å². The Bertz CT molecular complexity index is 874. The molecule has 0 saturated carbocycles. The Kier molecular flexibility index (Phi) is 8.34. The van der Waals surface area contributed by atoms with E-state index < -0.39 is 34.6 Å². The number of hydrogen-bond acceptors (Lipinski definition) is 3. The minimum absolute atomic E-state index is 0. The highest BCUT2D eigenvalue weighted by atomic mass is 35.5. The summed E-state index contributed by atoms with van der Waals surface area (Å²) in [6, 6.07) is 4.21. The maximum atomic E-state index is 14.4. The van der Waals surface area contributed by atoms with Crippen molar-refractivity contribution < 1.29 is 27.0 Å². The molecular formula is C20H19Cl2F4NO2. The first kappa shape index (κ1) is 23.5. The largest absolute Gasteiger partial charge is 0.451 e. The van der Waals surface area contributed by atoms with Crippen LogP contribution >= 0.6 is 24.0 Å². The monoisotopic (exact) mass is 451 g/mol. The summed E-state index contributed by atoms with van der Waals surface area (Å²) in [5, 5.41) is 0.423. The molecule has 1 saturated heterocycles. The normalized spacial score (nSPS) is 14.8. The number of nitrogens with zero attached hydrogens (tertiary/aromatic N) is 1. The molecule has 0 aromatic heterocycles. The lowest BCUT2D eigenvalue weighted by molar-refractivity contribution is 0.0435. The summed E-state index contributed by atoms with van der Waals surface area (Å²) in [5.74, 6) is -7.36. The van der Waals surface area contributed by atoms with Crippen LogP contribution in [0.1, 0.15) is 11.1 Å². The topological polar surface area (TPSA) is 21.7 Å². The van der Waals surface area contributed by atoms with Gasteiger partial charge in [0.2, 0.25) is 17.4 Å². The zero-order valence-corrected chi connectivity index (χ0v) is 17.1. The Balaban J connectivity index is 0.00000300. The highest BCUT2D eigenvalue weighted by Gasteiger charge is 2.26. The zero-order valence-electron chi connectivity index (χ0n) is 15.5. The summed E-state index contributed by atoms with van der Waals surface area (Å²) in [6.45, 7) is 4.52. The summed E-state index contributed by atoms with van der Waals surface area (Å²) in [4.78, 5) is 1.99. The molecule has 1 heterocycles. The molecule has 0 atom stereocenters. The Hall–Kier alpha value is -1.80. The van der Waals surface area contributed by atoms with E-state index in [2.05, 4.69) is 0 Å². The van der Waals surface area contributed by atoms with Crippen LogP contribution < -0.4 is 4.74 Å². The fourth-order valence-corrected chi connectivity index (χ4v) is 2.88. The second kappa shape index (κ2) is 10.3. The zero-order chi connectivity index (χ0) is 20.3. The van der Waals surface area contributed by atoms with Crippen LogP contribution in [0.4, 0.5) is 17.6 Å². The standard InChI is InChI=1S/C20H18ClF4NO2.ClH/c1-12-11-13(4-5-15(12)21)28-20-18(24)16(22)14(17(23)19(20)25)3-2-6-26-7-9-27-10-8-26;/h2-5,11H,6-10H2,1H3;1H. The molecule has 29 heavy (non-hydrogen) atoms. The van der Waals surface area contributed by atoms with Crippen molar-refractivity contribution in [2.24, 2.45) is 0 Å². The summed E-state index contributed by atoms with van der Waals surface area (Å²) in [6.07, 6.45) is 2.48. The van der Waals surface area contributed by atoms with Gasteiger partial charge in [-0.2, -0.15) is 8.78 Å².